The number of rotatable bonds is 10. The average Bonchev–Trinajstić information content (AvgIpc) is 3.64. The SMILES string of the molecule is C=C(Nc1cccc(C)c1)c1csc(C2CCN(C(=C)NCCCCC)CC2)n1.CC.CC(F)(F)F.CN1CCCC1. The summed E-state index contributed by atoms with van der Waals surface area (Å²) >= 11 is 1.76. The van der Waals surface area contributed by atoms with Gasteiger partial charge >= 0.3 is 6.18 Å². The van der Waals surface area contributed by atoms with E-state index in [2.05, 4.69) is 84.1 Å². The standard InChI is InChI=1S/C24H34N4S.C5H11N.C2H3F3.C2H6/c1-5-6-7-13-25-20(4)28-14-11-21(12-15-28)24-27-23(17-29-24)19(3)26-22-10-8-9-18(2)16-22;1-6-4-2-3-5-6;1-2(3,4)5;1-2/h8-10,16-17,21,25-26H,3-7,11-15H2,1-2H3;2-5H2,1H3;1H3;1-2H3. The number of aromatic nitrogens is 1. The Morgan fingerprint density at radius 2 is 1.69 bits per heavy atom. The lowest BCUT2D eigenvalue weighted by atomic mass is 9.97. The van der Waals surface area contributed by atoms with Gasteiger partial charge in [0, 0.05) is 43.5 Å². The number of benzene rings is 1. The first-order valence-corrected chi connectivity index (χ1v) is 16.3. The maximum atomic E-state index is 10.4. The van der Waals surface area contributed by atoms with Gasteiger partial charge in [-0.25, -0.2) is 4.98 Å². The van der Waals surface area contributed by atoms with Crippen molar-refractivity contribution in [3.8, 4) is 0 Å². The van der Waals surface area contributed by atoms with Crippen molar-refractivity contribution in [2.75, 3.05) is 45.1 Å². The van der Waals surface area contributed by atoms with Crippen LogP contribution in [0.1, 0.15) is 94.8 Å². The van der Waals surface area contributed by atoms with Crippen molar-refractivity contribution in [1.82, 2.24) is 20.1 Å². The summed E-state index contributed by atoms with van der Waals surface area (Å²) in [5, 5.41) is 10.2. The number of halogens is 3. The van der Waals surface area contributed by atoms with Crippen LogP contribution < -0.4 is 10.6 Å². The van der Waals surface area contributed by atoms with E-state index >= 15 is 0 Å². The first kappa shape index (κ1) is 37.5. The average molecular weight is 610 g/mol. The zero-order valence-corrected chi connectivity index (χ0v) is 27.6. The van der Waals surface area contributed by atoms with Gasteiger partial charge in [0.2, 0.25) is 0 Å². The van der Waals surface area contributed by atoms with Crippen molar-refractivity contribution in [1.29, 1.82) is 0 Å². The molecule has 0 unspecified atom stereocenters. The van der Waals surface area contributed by atoms with Crippen LogP contribution in [-0.2, 0) is 0 Å². The van der Waals surface area contributed by atoms with Gasteiger partial charge in [-0.3, -0.25) is 0 Å². The topological polar surface area (TPSA) is 43.4 Å². The molecule has 0 bridgehead atoms. The van der Waals surface area contributed by atoms with Crippen LogP contribution in [0.4, 0.5) is 18.9 Å². The quantitative estimate of drug-likeness (QED) is 0.263. The van der Waals surface area contributed by atoms with E-state index in [4.69, 9.17) is 4.98 Å². The fourth-order valence-corrected chi connectivity index (χ4v) is 5.57. The lowest BCUT2D eigenvalue weighted by Crippen LogP contribution is -2.37. The molecular formula is C33H54F3N5S. The molecule has 2 aromatic rings. The molecule has 1 aromatic carbocycles. The summed E-state index contributed by atoms with van der Waals surface area (Å²) in [6, 6.07) is 8.33. The number of piperidine rings is 1. The number of nitrogens with zero attached hydrogens (tertiary/aromatic N) is 3. The van der Waals surface area contributed by atoms with Crippen molar-refractivity contribution in [3.63, 3.8) is 0 Å². The summed E-state index contributed by atoms with van der Waals surface area (Å²) in [4.78, 5) is 9.64. The molecule has 9 heteroatoms. The second kappa shape index (κ2) is 20.4. The van der Waals surface area contributed by atoms with E-state index in [1.54, 1.807) is 11.3 Å². The fraction of sp³-hybridized carbons (Fsp3) is 0.606. The largest absolute Gasteiger partial charge is 0.386 e. The molecule has 4 rings (SSSR count). The number of unbranched alkanes of at least 4 members (excludes halogenated alkanes) is 2. The van der Waals surface area contributed by atoms with Crippen LogP contribution in [0.15, 0.2) is 48.6 Å². The number of hydrogen-bond donors (Lipinski definition) is 2. The zero-order chi connectivity index (χ0) is 31.5. The first-order chi connectivity index (χ1) is 20.0. The Morgan fingerprint density at radius 3 is 2.21 bits per heavy atom. The Kier molecular flexibility index (Phi) is 18.2. The normalized spacial score (nSPS) is 15.3. The molecule has 238 valence electrons. The number of alkyl halides is 3. The summed E-state index contributed by atoms with van der Waals surface area (Å²) in [7, 11) is 2.17. The van der Waals surface area contributed by atoms with E-state index in [-0.39, 0.29) is 6.92 Å². The minimum absolute atomic E-state index is 0.188. The molecule has 0 saturated carbocycles. The zero-order valence-electron chi connectivity index (χ0n) is 26.7. The molecule has 2 aliphatic heterocycles. The molecule has 0 radical (unpaired) electrons. The minimum atomic E-state index is -4.00. The molecule has 0 amide bonds. The Hall–Kier alpha value is -2.52. The Labute approximate surface area is 257 Å². The van der Waals surface area contributed by atoms with Crippen LogP contribution in [0.2, 0.25) is 0 Å². The number of nitrogens with one attached hydrogen (secondary N) is 2. The van der Waals surface area contributed by atoms with E-state index in [1.165, 1.54) is 55.8 Å². The Morgan fingerprint density at radius 1 is 1.07 bits per heavy atom. The van der Waals surface area contributed by atoms with Crippen molar-refractivity contribution in [2.24, 2.45) is 0 Å². The summed E-state index contributed by atoms with van der Waals surface area (Å²) in [6.45, 7) is 22.7. The number of aryl methyl sites for hydroxylation is 1. The summed E-state index contributed by atoms with van der Waals surface area (Å²) < 4.78 is 31.1. The summed E-state index contributed by atoms with van der Waals surface area (Å²) in [5.74, 6) is 1.61. The van der Waals surface area contributed by atoms with E-state index in [1.807, 2.05) is 13.8 Å². The number of hydrogen-bond acceptors (Lipinski definition) is 6. The monoisotopic (exact) mass is 609 g/mol. The molecule has 0 aliphatic carbocycles. The highest BCUT2D eigenvalue weighted by Gasteiger charge is 2.24. The highest BCUT2D eigenvalue weighted by atomic mass is 32.1. The third-order valence-electron chi connectivity index (χ3n) is 6.81. The van der Waals surface area contributed by atoms with Crippen molar-refractivity contribution >= 4 is 22.7 Å². The van der Waals surface area contributed by atoms with Crippen LogP contribution in [0.3, 0.4) is 0 Å². The van der Waals surface area contributed by atoms with Gasteiger partial charge in [-0.05, 0) is 76.9 Å². The maximum Gasteiger partial charge on any atom is 0.386 e. The van der Waals surface area contributed by atoms with Gasteiger partial charge in [-0.1, -0.05) is 58.9 Å². The molecule has 2 fully saturated rings. The molecule has 1 aromatic heterocycles. The van der Waals surface area contributed by atoms with Crippen LogP contribution in [-0.4, -0.2) is 60.7 Å². The van der Waals surface area contributed by atoms with Crippen LogP contribution >= 0.6 is 11.3 Å². The summed E-state index contributed by atoms with van der Waals surface area (Å²) in [5.41, 5.74) is 4.11. The molecule has 0 atom stereocenters. The van der Waals surface area contributed by atoms with Crippen LogP contribution in [0, 0.1) is 6.92 Å². The lowest BCUT2D eigenvalue weighted by Gasteiger charge is -2.34. The highest BCUT2D eigenvalue weighted by molar-refractivity contribution is 7.09. The summed E-state index contributed by atoms with van der Waals surface area (Å²) in [6.07, 6.45) is 4.82. The molecule has 0 spiro atoms. The highest BCUT2D eigenvalue weighted by Crippen LogP contribution is 2.32. The molecule has 2 aliphatic rings. The number of likely N-dealkylation sites (tertiary alicyclic amines) is 2. The second-order valence-corrected chi connectivity index (χ2v) is 11.6. The van der Waals surface area contributed by atoms with Gasteiger partial charge in [0.1, 0.15) is 0 Å². The van der Waals surface area contributed by atoms with Gasteiger partial charge in [0.05, 0.1) is 22.2 Å². The smallest absolute Gasteiger partial charge is 0.372 e. The fourth-order valence-electron chi connectivity index (χ4n) is 4.57. The predicted molar refractivity (Wildman–Crippen MR) is 176 cm³/mol. The Bertz CT molecular complexity index is 1020. The van der Waals surface area contributed by atoms with Crippen molar-refractivity contribution < 1.29 is 13.2 Å². The van der Waals surface area contributed by atoms with Crippen LogP contribution in [0.25, 0.3) is 5.70 Å². The number of thiazole rings is 1. The molecule has 2 N–H and O–H groups in total. The van der Waals surface area contributed by atoms with E-state index < -0.39 is 6.18 Å². The minimum Gasteiger partial charge on any atom is -0.372 e. The van der Waals surface area contributed by atoms with Gasteiger partial charge in [0.15, 0.2) is 0 Å². The molecule has 5 nitrogen and oxygen atoms in total. The van der Waals surface area contributed by atoms with Gasteiger partial charge in [0.25, 0.3) is 0 Å². The second-order valence-electron chi connectivity index (χ2n) is 10.7. The van der Waals surface area contributed by atoms with E-state index in [0.29, 0.717) is 5.92 Å². The van der Waals surface area contributed by atoms with Crippen molar-refractivity contribution in [2.45, 2.75) is 91.7 Å². The molecule has 3 heterocycles. The van der Waals surface area contributed by atoms with E-state index in [0.717, 1.165) is 55.4 Å². The third-order valence-corrected chi connectivity index (χ3v) is 7.82. The predicted octanol–water partition coefficient (Wildman–Crippen LogP) is 9.27. The van der Waals surface area contributed by atoms with Gasteiger partial charge in [-0.2, -0.15) is 13.2 Å². The van der Waals surface area contributed by atoms with Gasteiger partial charge in [-0.15, -0.1) is 11.3 Å². The van der Waals surface area contributed by atoms with E-state index in [9.17, 15) is 13.2 Å². The lowest BCUT2D eigenvalue weighted by molar-refractivity contribution is -0.110. The number of anilines is 1. The van der Waals surface area contributed by atoms with Gasteiger partial charge < -0.3 is 20.4 Å². The van der Waals surface area contributed by atoms with Crippen molar-refractivity contribution in [3.05, 3.63) is 64.9 Å². The Balaban J connectivity index is 0.000000564. The third kappa shape index (κ3) is 16.2. The molecule has 2 saturated heterocycles. The molecular weight excluding hydrogens is 555 g/mol. The molecule has 42 heavy (non-hydrogen) atoms. The maximum absolute atomic E-state index is 10.4. The van der Waals surface area contributed by atoms with Crippen LogP contribution in [0.5, 0.6) is 0 Å². The first-order valence-electron chi connectivity index (χ1n) is 15.4.